The number of aromatic amines is 1. The van der Waals surface area contributed by atoms with Crippen LogP contribution in [-0.4, -0.2) is 58.4 Å². The number of anilines is 1. The fourth-order valence-corrected chi connectivity index (χ4v) is 8.78. The normalized spacial score (nSPS) is 16.3. The van der Waals surface area contributed by atoms with Gasteiger partial charge in [0.15, 0.2) is 0 Å². The number of carbonyl (C=O) groups excluding carboxylic acids is 1. The molecule has 3 aromatic rings. The van der Waals surface area contributed by atoms with Gasteiger partial charge in [0.25, 0.3) is 10.0 Å². The summed E-state index contributed by atoms with van der Waals surface area (Å²) in [4.78, 5) is 14.9. The van der Waals surface area contributed by atoms with Gasteiger partial charge in [0.05, 0.1) is 26.1 Å². The minimum atomic E-state index is -5.13. The molecule has 3 N–H and O–H groups in total. The third-order valence-electron chi connectivity index (χ3n) is 6.81. The Balaban J connectivity index is 1.81. The van der Waals surface area contributed by atoms with Crippen LogP contribution in [0.1, 0.15) is 31.7 Å². The molecule has 1 saturated heterocycles. The Morgan fingerprint density at radius 3 is 2.33 bits per heavy atom. The Kier molecular flexibility index (Phi) is 8.41. The highest BCUT2D eigenvalue weighted by molar-refractivity contribution is 7.93. The van der Waals surface area contributed by atoms with Crippen LogP contribution in [-0.2, 0) is 29.6 Å². The molecule has 1 aliphatic heterocycles. The van der Waals surface area contributed by atoms with E-state index in [9.17, 15) is 34.8 Å². The number of alkyl halides is 3. The average Bonchev–Trinajstić information content (AvgIpc) is 3.30. The number of sulfonamides is 2. The highest BCUT2D eigenvalue weighted by Gasteiger charge is 2.52. The molecule has 218 valence electrons. The number of aromatic nitrogens is 1. The fraction of sp³-hybridized carbons (Fsp3) is 0.375. The van der Waals surface area contributed by atoms with Crippen LogP contribution in [0.3, 0.4) is 0 Å². The molecule has 4 rings (SSSR count). The van der Waals surface area contributed by atoms with Gasteiger partial charge in [0.2, 0.25) is 10.0 Å². The minimum absolute atomic E-state index is 0.0266. The van der Waals surface area contributed by atoms with Crippen molar-refractivity contribution in [1.82, 2.24) is 14.6 Å². The lowest BCUT2D eigenvalue weighted by Crippen LogP contribution is -2.54. The van der Waals surface area contributed by atoms with Crippen molar-refractivity contribution in [2.75, 3.05) is 24.4 Å². The molecule has 0 saturated carbocycles. The molecular formula is C24H25Cl2F3N4O5S2. The number of hydrogen-bond acceptors (Lipinski definition) is 5. The van der Waals surface area contributed by atoms with Gasteiger partial charge in [-0.05, 0) is 43.0 Å². The predicted molar refractivity (Wildman–Crippen MR) is 146 cm³/mol. The van der Waals surface area contributed by atoms with Gasteiger partial charge < -0.3 is 9.88 Å². The number of nitrogens with one attached hydrogen (secondary N) is 3. The van der Waals surface area contributed by atoms with Crippen molar-refractivity contribution >= 4 is 65.7 Å². The Morgan fingerprint density at radius 1 is 1.05 bits per heavy atom. The molecule has 1 fully saturated rings. The van der Waals surface area contributed by atoms with Crippen LogP contribution in [0.25, 0.3) is 10.9 Å². The molecule has 1 aromatic heterocycles. The van der Waals surface area contributed by atoms with E-state index in [0.29, 0.717) is 22.2 Å². The Morgan fingerprint density at radius 2 is 1.70 bits per heavy atom. The van der Waals surface area contributed by atoms with E-state index < -0.39 is 62.8 Å². The first-order valence-electron chi connectivity index (χ1n) is 12.1. The molecule has 0 radical (unpaired) electrons. The van der Waals surface area contributed by atoms with Gasteiger partial charge in [-0.1, -0.05) is 48.3 Å². The number of fused-ring (bicyclic) bond motifs is 1. The largest absolute Gasteiger partial charge is 0.471 e. The zero-order valence-electron chi connectivity index (χ0n) is 21.0. The Labute approximate surface area is 239 Å². The quantitative estimate of drug-likeness (QED) is 0.320. The molecule has 0 bridgehead atoms. The Bertz CT molecular complexity index is 1650. The molecule has 1 aliphatic rings. The van der Waals surface area contributed by atoms with Gasteiger partial charge in [-0.2, -0.15) is 13.2 Å². The first kappa shape index (κ1) is 30.4. The van der Waals surface area contributed by atoms with Crippen LogP contribution < -0.4 is 9.44 Å². The van der Waals surface area contributed by atoms with E-state index in [1.165, 1.54) is 42.6 Å². The first-order chi connectivity index (χ1) is 18.6. The lowest BCUT2D eigenvalue weighted by Gasteiger charge is -2.42. The summed E-state index contributed by atoms with van der Waals surface area (Å²) >= 11 is 12.4. The average molecular weight is 642 g/mol. The van der Waals surface area contributed by atoms with Crippen molar-refractivity contribution in [3.05, 3.63) is 58.2 Å². The number of nitrogens with zero attached hydrogens (tertiary/aromatic N) is 1. The lowest BCUT2D eigenvalue weighted by molar-refractivity contribution is -0.186. The molecule has 16 heteroatoms. The van der Waals surface area contributed by atoms with Crippen molar-refractivity contribution in [3.8, 4) is 0 Å². The molecular weight excluding hydrogens is 616 g/mol. The SMILES string of the molecule is CCCNS(=O)(=O)C1(c2ccccc2S(=O)(=O)Nc2ccc(Cl)c3c(Cl)c[nH]c23)CCN(C(=O)C(F)(F)F)CC1. The van der Waals surface area contributed by atoms with Crippen molar-refractivity contribution < 1.29 is 34.8 Å². The number of hydrogen-bond donors (Lipinski definition) is 3. The summed E-state index contributed by atoms with van der Waals surface area (Å²) in [6.45, 7) is 0.651. The third kappa shape index (κ3) is 5.51. The van der Waals surface area contributed by atoms with Gasteiger partial charge in [-0.3, -0.25) is 9.52 Å². The summed E-state index contributed by atoms with van der Waals surface area (Å²) in [7, 11) is -8.81. The van der Waals surface area contributed by atoms with E-state index in [1.807, 2.05) is 0 Å². The summed E-state index contributed by atoms with van der Waals surface area (Å²) in [5.41, 5.74) is 0.261. The second-order valence-electron chi connectivity index (χ2n) is 9.27. The van der Waals surface area contributed by atoms with E-state index in [2.05, 4.69) is 14.4 Å². The van der Waals surface area contributed by atoms with E-state index in [-0.39, 0.29) is 32.7 Å². The van der Waals surface area contributed by atoms with Crippen molar-refractivity contribution in [2.24, 2.45) is 0 Å². The third-order valence-corrected chi connectivity index (χ3v) is 11.1. The second-order valence-corrected chi connectivity index (χ2v) is 13.8. The molecule has 9 nitrogen and oxygen atoms in total. The number of halogens is 5. The smallest absolute Gasteiger partial charge is 0.358 e. The van der Waals surface area contributed by atoms with Crippen LogP contribution in [0.2, 0.25) is 10.0 Å². The summed E-state index contributed by atoms with van der Waals surface area (Å²) in [5.74, 6) is -2.08. The highest BCUT2D eigenvalue weighted by atomic mass is 35.5. The molecule has 40 heavy (non-hydrogen) atoms. The second kappa shape index (κ2) is 11.0. The van der Waals surface area contributed by atoms with Gasteiger partial charge in [0, 0.05) is 31.2 Å². The lowest BCUT2D eigenvalue weighted by atomic mass is 9.88. The number of H-pyrrole nitrogens is 1. The summed E-state index contributed by atoms with van der Waals surface area (Å²) in [5, 5.41) is 0.909. The highest BCUT2D eigenvalue weighted by Crippen LogP contribution is 2.44. The predicted octanol–water partition coefficient (Wildman–Crippen LogP) is 4.98. The number of carbonyl (C=O) groups is 1. The molecule has 0 spiro atoms. The number of likely N-dealkylation sites (tertiary alicyclic amines) is 1. The van der Waals surface area contributed by atoms with E-state index in [0.717, 1.165) is 0 Å². The van der Waals surface area contributed by atoms with Gasteiger partial charge in [-0.25, -0.2) is 21.6 Å². The van der Waals surface area contributed by atoms with Gasteiger partial charge >= 0.3 is 12.1 Å². The fourth-order valence-electron chi connectivity index (χ4n) is 4.84. The van der Waals surface area contributed by atoms with E-state index >= 15 is 0 Å². The van der Waals surface area contributed by atoms with Crippen LogP contribution in [0, 0.1) is 0 Å². The molecule has 2 aromatic carbocycles. The standard InChI is InChI=1S/C24H25Cl2F3N4O5S2/c1-2-11-31-40(37,38)23(9-12-33(13-10-23)22(34)24(27,28)29)15-5-3-4-6-19(15)39(35,36)32-18-8-7-16(25)20-17(26)14-30-21(18)20/h3-8,14,30-32H,2,9-13H2,1H3. The summed E-state index contributed by atoms with van der Waals surface area (Å²) in [6, 6.07) is 8.25. The summed E-state index contributed by atoms with van der Waals surface area (Å²) in [6.07, 6.45) is -4.20. The zero-order chi connectivity index (χ0) is 29.5. The van der Waals surface area contributed by atoms with Gasteiger partial charge in [0.1, 0.15) is 4.75 Å². The van der Waals surface area contributed by atoms with Crippen LogP contribution in [0.4, 0.5) is 18.9 Å². The van der Waals surface area contributed by atoms with Crippen LogP contribution >= 0.6 is 23.2 Å². The maximum atomic E-state index is 13.8. The van der Waals surface area contributed by atoms with Crippen LogP contribution in [0.15, 0.2) is 47.5 Å². The number of piperidine rings is 1. The molecule has 0 unspecified atom stereocenters. The zero-order valence-corrected chi connectivity index (χ0v) is 24.1. The Hall–Kier alpha value is -2.52. The monoisotopic (exact) mass is 640 g/mol. The molecule has 1 amide bonds. The number of benzene rings is 2. The minimum Gasteiger partial charge on any atom is -0.358 e. The van der Waals surface area contributed by atoms with E-state index in [4.69, 9.17) is 23.2 Å². The first-order valence-corrected chi connectivity index (χ1v) is 15.8. The number of rotatable bonds is 8. The van der Waals surface area contributed by atoms with Gasteiger partial charge in [-0.15, -0.1) is 0 Å². The topological polar surface area (TPSA) is 128 Å². The van der Waals surface area contributed by atoms with E-state index in [1.54, 1.807) is 6.92 Å². The number of amides is 1. The van der Waals surface area contributed by atoms with Crippen LogP contribution in [0.5, 0.6) is 0 Å². The summed E-state index contributed by atoms with van der Waals surface area (Å²) < 4.78 is 97.2. The van der Waals surface area contributed by atoms with Crippen molar-refractivity contribution in [1.29, 1.82) is 0 Å². The maximum absolute atomic E-state index is 13.8. The molecule has 0 aliphatic carbocycles. The molecule has 2 heterocycles. The van der Waals surface area contributed by atoms with Crippen molar-refractivity contribution in [3.63, 3.8) is 0 Å². The molecule has 0 atom stereocenters. The van der Waals surface area contributed by atoms with Crippen molar-refractivity contribution in [2.45, 2.75) is 42.0 Å². The maximum Gasteiger partial charge on any atom is 0.471 e.